The second-order valence-electron chi connectivity index (χ2n) is 9.55. The van der Waals surface area contributed by atoms with Crippen LogP contribution in [0.3, 0.4) is 0 Å². The molecule has 4 aromatic carbocycles. The van der Waals surface area contributed by atoms with Crippen LogP contribution in [-0.4, -0.2) is 50.3 Å². The van der Waals surface area contributed by atoms with Crippen LogP contribution in [-0.2, 0) is 10.0 Å². The van der Waals surface area contributed by atoms with Gasteiger partial charge in [-0.2, -0.15) is 0 Å². The average Bonchev–Trinajstić information content (AvgIpc) is 2.94. The highest BCUT2D eigenvalue weighted by Crippen LogP contribution is 2.30. The maximum atomic E-state index is 13.4. The molecule has 5 rings (SSSR count). The van der Waals surface area contributed by atoms with Crippen LogP contribution < -0.4 is 4.72 Å². The molecule has 7 heteroatoms. The zero-order valence-electron chi connectivity index (χ0n) is 21.3. The minimum absolute atomic E-state index is 0.1000. The third-order valence-electron chi connectivity index (χ3n) is 6.89. The Balaban J connectivity index is 1.28. The van der Waals surface area contributed by atoms with Crippen LogP contribution in [0.25, 0.3) is 0 Å². The summed E-state index contributed by atoms with van der Waals surface area (Å²) in [7, 11) is -3.75. The number of carbonyl (C=O) groups excluding carboxylic acids is 1. The Morgan fingerprint density at radius 2 is 1.32 bits per heavy atom. The van der Waals surface area contributed by atoms with Crippen molar-refractivity contribution < 1.29 is 13.2 Å². The number of hydrogen-bond acceptors (Lipinski definition) is 4. The highest BCUT2D eigenvalue weighted by Gasteiger charge is 2.28. The lowest BCUT2D eigenvalue weighted by Gasteiger charge is -2.39. The molecule has 0 bridgehead atoms. The summed E-state index contributed by atoms with van der Waals surface area (Å²) in [5.41, 5.74) is 4.27. The Labute approximate surface area is 224 Å². The Bertz CT molecular complexity index is 1440. The van der Waals surface area contributed by atoms with Gasteiger partial charge in [0.25, 0.3) is 15.9 Å². The first-order valence-corrected chi connectivity index (χ1v) is 14.2. The van der Waals surface area contributed by atoms with Crippen molar-refractivity contribution in [1.82, 2.24) is 9.80 Å². The van der Waals surface area contributed by atoms with Crippen LogP contribution in [0.1, 0.15) is 33.1 Å². The van der Waals surface area contributed by atoms with Gasteiger partial charge in [0.05, 0.1) is 10.9 Å². The fraction of sp³-hybridized carbons (Fsp3) is 0.194. The standard InChI is InChI=1S/C31H31N3O3S/c1-24-15-17-29(18-16-24)38(36,37)32-28-14-8-13-27(23-28)31(35)34-21-19-33(20-22-34)30(25-9-4-2-5-10-25)26-11-6-3-7-12-26/h2-18,23,30,32H,19-22H2,1H3. The van der Waals surface area contributed by atoms with E-state index in [2.05, 4.69) is 58.2 Å². The highest BCUT2D eigenvalue weighted by atomic mass is 32.2. The minimum atomic E-state index is -3.75. The van der Waals surface area contributed by atoms with E-state index in [4.69, 9.17) is 0 Å². The number of nitrogens with zero attached hydrogens (tertiary/aromatic N) is 2. The number of nitrogens with one attached hydrogen (secondary N) is 1. The molecule has 0 radical (unpaired) electrons. The zero-order valence-corrected chi connectivity index (χ0v) is 22.1. The van der Waals surface area contributed by atoms with Gasteiger partial charge in [-0.25, -0.2) is 8.42 Å². The smallest absolute Gasteiger partial charge is 0.261 e. The van der Waals surface area contributed by atoms with Crippen molar-refractivity contribution in [3.05, 3.63) is 131 Å². The number of amides is 1. The Morgan fingerprint density at radius 3 is 1.89 bits per heavy atom. The van der Waals surface area contributed by atoms with E-state index in [0.717, 1.165) is 18.7 Å². The van der Waals surface area contributed by atoms with Crippen LogP contribution >= 0.6 is 0 Å². The second kappa shape index (κ2) is 11.2. The molecule has 1 aliphatic heterocycles. The lowest BCUT2D eigenvalue weighted by Crippen LogP contribution is -2.49. The van der Waals surface area contributed by atoms with Crippen LogP contribution in [0.2, 0.25) is 0 Å². The van der Waals surface area contributed by atoms with Gasteiger partial charge in [-0.15, -0.1) is 0 Å². The first-order valence-electron chi connectivity index (χ1n) is 12.7. The van der Waals surface area contributed by atoms with Gasteiger partial charge in [0.15, 0.2) is 0 Å². The van der Waals surface area contributed by atoms with Gasteiger partial charge < -0.3 is 4.90 Å². The van der Waals surface area contributed by atoms with E-state index in [0.29, 0.717) is 24.3 Å². The molecule has 1 fully saturated rings. The molecule has 0 unspecified atom stereocenters. The van der Waals surface area contributed by atoms with Gasteiger partial charge in [0.1, 0.15) is 0 Å². The van der Waals surface area contributed by atoms with E-state index in [1.165, 1.54) is 11.1 Å². The highest BCUT2D eigenvalue weighted by molar-refractivity contribution is 7.92. The molecule has 38 heavy (non-hydrogen) atoms. The van der Waals surface area contributed by atoms with Crippen LogP contribution in [0, 0.1) is 6.92 Å². The molecule has 6 nitrogen and oxygen atoms in total. The third kappa shape index (κ3) is 5.79. The number of carbonyl (C=O) groups is 1. The summed E-state index contributed by atoms with van der Waals surface area (Å²) in [5, 5.41) is 0. The zero-order chi connectivity index (χ0) is 26.5. The average molecular weight is 526 g/mol. The lowest BCUT2D eigenvalue weighted by molar-refractivity contribution is 0.0597. The van der Waals surface area contributed by atoms with Gasteiger partial charge in [-0.05, 0) is 48.4 Å². The van der Waals surface area contributed by atoms with Gasteiger partial charge in [0.2, 0.25) is 0 Å². The number of benzene rings is 4. The number of anilines is 1. The largest absolute Gasteiger partial charge is 0.336 e. The summed E-state index contributed by atoms with van der Waals surface area (Å²) in [6, 6.07) is 34.4. The van der Waals surface area contributed by atoms with Gasteiger partial charge >= 0.3 is 0 Å². The molecule has 0 aliphatic carbocycles. The maximum Gasteiger partial charge on any atom is 0.261 e. The quantitative estimate of drug-likeness (QED) is 0.354. The molecule has 1 aliphatic rings. The topological polar surface area (TPSA) is 69.7 Å². The summed E-state index contributed by atoms with van der Waals surface area (Å²) in [4.78, 5) is 17.8. The predicted molar refractivity (Wildman–Crippen MR) is 151 cm³/mol. The first-order chi connectivity index (χ1) is 18.4. The molecular weight excluding hydrogens is 494 g/mol. The normalized spacial score (nSPS) is 14.4. The number of sulfonamides is 1. The molecule has 1 saturated heterocycles. The van der Waals surface area contributed by atoms with Crippen molar-refractivity contribution in [3.8, 4) is 0 Å². The summed E-state index contributed by atoms with van der Waals surface area (Å²) in [6.45, 7) is 4.56. The molecule has 0 spiro atoms. The SMILES string of the molecule is Cc1ccc(S(=O)(=O)Nc2cccc(C(=O)N3CCN(C(c4ccccc4)c4ccccc4)CC3)c2)cc1. The fourth-order valence-electron chi connectivity index (χ4n) is 4.90. The number of aryl methyl sites for hydroxylation is 1. The fourth-order valence-corrected chi connectivity index (χ4v) is 5.95. The molecular formula is C31H31N3O3S. The molecule has 0 saturated carbocycles. The van der Waals surface area contributed by atoms with Crippen molar-refractivity contribution in [1.29, 1.82) is 0 Å². The molecule has 1 heterocycles. The number of piperazine rings is 1. The van der Waals surface area contributed by atoms with Crippen LogP contribution in [0.5, 0.6) is 0 Å². The minimum Gasteiger partial charge on any atom is -0.336 e. The maximum absolute atomic E-state index is 13.4. The summed E-state index contributed by atoms with van der Waals surface area (Å²) in [5.74, 6) is -0.1000. The first kappa shape index (κ1) is 25.7. The molecule has 194 valence electrons. The molecule has 1 amide bonds. The summed E-state index contributed by atoms with van der Waals surface area (Å²) < 4.78 is 28.2. The van der Waals surface area contributed by atoms with E-state index < -0.39 is 10.0 Å². The van der Waals surface area contributed by atoms with E-state index in [1.54, 1.807) is 48.5 Å². The monoisotopic (exact) mass is 525 g/mol. The van der Waals surface area contributed by atoms with Crippen LogP contribution in [0.15, 0.2) is 114 Å². The molecule has 0 atom stereocenters. The van der Waals surface area contributed by atoms with E-state index >= 15 is 0 Å². The van der Waals surface area contributed by atoms with Crippen molar-refractivity contribution in [3.63, 3.8) is 0 Å². The van der Waals surface area contributed by atoms with Crippen molar-refractivity contribution >= 4 is 21.6 Å². The van der Waals surface area contributed by atoms with E-state index in [-0.39, 0.29) is 16.8 Å². The van der Waals surface area contributed by atoms with Crippen molar-refractivity contribution in [2.45, 2.75) is 17.9 Å². The second-order valence-corrected chi connectivity index (χ2v) is 11.2. The van der Waals surface area contributed by atoms with Crippen molar-refractivity contribution in [2.24, 2.45) is 0 Å². The van der Waals surface area contributed by atoms with Gasteiger partial charge in [-0.3, -0.25) is 14.4 Å². The Morgan fingerprint density at radius 1 is 0.737 bits per heavy atom. The molecule has 4 aromatic rings. The Hall–Kier alpha value is -3.94. The predicted octanol–water partition coefficient (Wildman–Crippen LogP) is 5.34. The summed E-state index contributed by atoms with van der Waals surface area (Å²) >= 11 is 0. The number of hydrogen-bond donors (Lipinski definition) is 1. The Kier molecular flexibility index (Phi) is 7.58. The lowest BCUT2D eigenvalue weighted by atomic mass is 9.96. The molecule has 0 aromatic heterocycles. The number of rotatable bonds is 7. The van der Waals surface area contributed by atoms with E-state index in [1.807, 2.05) is 24.0 Å². The van der Waals surface area contributed by atoms with E-state index in [9.17, 15) is 13.2 Å². The van der Waals surface area contributed by atoms with Crippen LogP contribution in [0.4, 0.5) is 5.69 Å². The third-order valence-corrected chi connectivity index (χ3v) is 8.29. The van der Waals surface area contributed by atoms with Gasteiger partial charge in [0, 0.05) is 37.4 Å². The molecule has 1 N–H and O–H groups in total. The van der Waals surface area contributed by atoms with Gasteiger partial charge in [-0.1, -0.05) is 84.4 Å². The summed E-state index contributed by atoms with van der Waals surface area (Å²) in [6.07, 6.45) is 0. The van der Waals surface area contributed by atoms with Crippen molar-refractivity contribution in [2.75, 3.05) is 30.9 Å².